The summed E-state index contributed by atoms with van der Waals surface area (Å²) in [5.41, 5.74) is 1.10. The topological polar surface area (TPSA) is 122 Å². The fourth-order valence-corrected chi connectivity index (χ4v) is 4.53. The molecule has 0 spiro atoms. The van der Waals surface area contributed by atoms with Crippen LogP contribution < -0.4 is 14.8 Å². The summed E-state index contributed by atoms with van der Waals surface area (Å²) in [6.07, 6.45) is 3.54. The minimum Gasteiger partial charge on any atom is -0.493 e. The Labute approximate surface area is 196 Å². The lowest BCUT2D eigenvalue weighted by Crippen LogP contribution is -2.35. The molecule has 2 aromatic rings. The fourth-order valence-electron chi connectivity index (χ4n) is 4.53. The number of methoxy groups -OCH3 is 1. The molecule has 1 fully saturated rings. The molecule has 0 radical (unpaired) electrons. The molecule has 3 amide bonds. The van der Waals surface area contributed by atoms with E-state index in [2.05, 4.69) is 5.32 Å². The molecule has 9 nitrogen and oxygen atoms in total. The van der Waals surface area contributed by atoms with Crippen LogP contribution in [0.3, 0.4) is 0 Å². The molecule has 9 heteroatoms. The number of aliphatic carboxylic acids is 1. The molecule has 178 valence electrons. The van der Waals surface area contributed by atoms with E-state index in [1.54, 1.807) is 18.2 Å². The van der Waals surface area contributed by atoms with Crippen molar-refractivity contribution in [2.75, 3.05) is 12.4 Å². The maximum Gasteiger partial charge on any atom is 0.305 e. The van der Waals surface area contributed by atoms with E-state index in [1.165, 1.54) is 32.2 Å². The van der Waals surface area contributed by atoms with Gasteiger partial charge in [-0.1, -0.05) is 6.07 Å². The van der Waals surface area contributed by atoms with E-state index in [0.29, 0.717) is 22.7 Å². The molecule has 1 aliphatic carbocycles. The summed E-state index contributed by atoms with van der Waals surface area (Å²) in [4.78, 5) is 50.6. The first-order valence-corrected chi connectivity index (χ1v) is 11.1. The Morgan fingerprint density at radius 3 is 2.41 bits per heavy atom. The Bertz CT molecular complexity index is 1150. The Kier molecular flexibility index (Phi) is 6.54. The number of carboxylic acid groups (broad SMARTS) is 1. The predicted molar refractivity (Wildman–Crippen MR) is 122 cm³/mol. The van der Waals surface area contributed by atoms with E-state index in [9.17, 15) is 24.3 Å². The van der Waals surface area contributed by atoms with E-state index >= 15 is 0 Å². The van der Waals surface area contributed by atoms with E-state index in [0.717, 1.165) is 30.6 Å². The molecule has 1 aliphatic heterocycles. The lowest BCUT2D eigenvalue weighted by Gasteiger charge is -2.26. The minimum atomic E-state index is -1.16. The van der Waals surface area contributed by atoms with Gasteiger partial charge in [0.05, 0.1) is 36.8 Å². The zero-order chi connectivity index (χ0) is 24.4. The molecule has 0 aromatic heterocycles. The summed E-state index contributed by atoms with van der Waals surface area (Å²) < 4.78 is 11.5. The van der Waals surface area contributed by atoms with Crippen LogP contribution in [0.5, 0.6) is 11.5 Å². The molecule has 4 rings (SSSR count). The van der Waals surface area contributed by atoms with Gasteiger partial charge in [0.15, 0.2) is 11.5 Å². The van der Waals surface area contributed by atoms with Crippen molar-refractivity contribution < 1.29 is 33.8 Å². The fraction of sp³-hybridized carbons (Fsp3) is 0.360. The molecular weight excluding hydrogens is 440 g/mol. The summed E-state index contributed by atoms with van der Waals surface area (Å²) >= 11 is 0. The van der Waals surface area contributed by atoms with Gasteiger partial charge in [-0.3, -0.25) is 24.1 Å². The average Bonchev–Trinajstić information content (AvgIpc) is 3.38. The highest BCUT2D eigenvalue weighted by Crippen LogP contribution is 2.39. The summed E-state index contributed by atoms with van der Waals surface area (Å²) in [6, 6.07) is 8.31. The Morgan fingerprint density at radius 2 is 1.76 bits per heavy atom. The number of carboxylic acids is 1. The number of fused-ring (bicyclic) bond motifs is 1. The molecule has 0 saturated heterocycles. The van der Waals surface area contributed by atoms with Crippen molar-refractivity contribution in [1.82, 2.24) is 4.90 Å². The second kappa shape index (κ2) is 9.54. The lowest BCUT2D eigenvalue weighted by molar-refractivity contribution is -0.138. The van der Waals surface area contributed by atoms with Crippen LogP contribution in [0.2, 0.25) is 0 Å². The molecule has 2 aromatic carbocycles. The molecular formula is C25H26N2O7. The number of hydrogen-bond acceptors (Lipinski definition) is 6. The van der Waals surface area contributed by atoms with E-state index in [1.807, 2.05) is 0 Å². The standard InChI is InChI=1S/C25H26N2O7/c1-14(28)26-16-8-9-18-19(12-16)25(32)27(24(18)31)20(13-23(29)30)15-7-10-21(33-2)22(11-15)34-17-5-3-4-6-17/h7-12,17,20H,3-6,13H2,1-2H3,(H,26,28)(H,29,30). The van der Waals surface area contributed by atoms with E-state index in [-0.39, 0.29) is 23.1 Å². The van der Waals surface area contributed by atoms with Gasteiger partial charge in [0.1, 0.15) is 0 Å². The largest absolute Gasteiger partial charge is 0.493 e. The van der Waals surface area contributed by atoms with Gasteiger partial charge in [0.2, 0.25) is 5.91 Å². The first-order chi connectivity index (χ1) is 16.3. The highest BCUT2D eigenvalue weighted by molar-refractivity contribution is 6.22. The van der Waals surface area contributed by atoms with Crippen molar-refractivity contribution in [2.24, 2.45) is 0 Å². The maximum absolute atomic E-state index is 13.3. The van der Waals surface area contributed by atoms with Crippen LogP contribution in [0.1, 0.15) is 71.3 Å². The smallest absolute Gasteiger partial charge is 0.305 e. The highest BCUT2D eigenvalue weighted by atomic mass is 16.5. The van der Waals surface area contributed by atoms with Crippen molar-refractivity contribution >= 4 is 29.4 Å². The third kappa shape index (κ3) is 4.59. The van der Waals surface area contributed by atoms with Crippen LogP contribution in [0, 0.1) is 0 Å². The quantitative estimate of drug-likeness (QED) is 0.568. The number of amides is 3. The second-order valence-corrected chi connectivity index (χ2v) is 8.47. The number of nitrogens with zero attached hydrogens (tertiary/aromatic N) is 1. The zero-order valence-electron chi connectivity index (χ0n) is 19.0. The van der Waals surface area contributed by atoms with Gasteiger partial charge in [-0.05, 0) is 61.6 Å². The highest BCUT2D eigenvalue weighted by Gasteiger charge is 2.42. The van der Waals surface area contributed by atoms with Gasteiger partial charge >= 0.3 is 5.97 Å². The van der Waals surface area contributed by atoms with Crippen molar-refractivity contribution in [3.05, 3.63) is 53.1 Å². The number of imide groups is 1. The van der Waals surface area contributed by atoms with Crippen molar-refractivity contribution in [1.29, 1.82) is 0 Å². The number of carbonyl (C=O) groups excluding carboxylic acids is 3. The van der Waals surface area contributed by atoms with Crippen LogP contribution in [-0.2, 0) is 9.59 Å². The number of benzene rings is 2. The molecule has 1 heterocycles. The number of nitrogens with one attached hydrogen (secondary N) is 1. The average molecular weight is 466 g/mol. The van der Waals surface area contributed by atoms with Gasteiger partial charge in [0.25, 0.3) is 11.8 Å². The monoisotopic (exact) mass is 466 g/mol. The third-order valence-corrected chi connectivity index (χ3v) is 6.09. The van der Waals surface area contributed by atoms with Crippen molar-refractivity contribution in [3.63, 3.8) is 0 Å². The summed E-state index contributed by atoms with van der Waals surface area (Å²) in [6.45, 7) is 1.34. The number of ether oxygens (including phenoxy) is 2. The molecule has 1 saturated carbocycles. The van der Waals surface area contributed by atoms with Crippen molar-refractivity contribution in [3.8, 4) is 11.5 Å². The molecule has 2 N–H and O–H groups in total. The second-order valence-electron chi connectivity index (χ2n) is 8.47. The van der Waals surface area contributed by atoms with Crippen LogP contribution in [0.15, 0.2) is 36.4 Å². The van der Waals surface area contributed by atoms with Crippen LogP contribution in [0.4, 0.5) is 5.69 Å². The minimum absolute atomic E-state index is 0.0357. The summed E-state index contributed by atoms with van der Waals surface area (Å²) in [5.74, 6) is -1.74. The number of rotatable bonds is 8. The summed E-state index contributed by atoms with van der Waals surface area (Å²) in [7, 11) is 1.52. The SMILES string of the molecule is COc1ccc(C(CC(=O)O)N2C(=O)c3ccc(NC(C)=O)cc3C2=O)cc1OC1CCCC1. The van der Waals surface area contributed by atoms with E-state index < -0.39 is 30.2 Å². The molecule has 1 atom stereocenters. The summed E-state index contributed by atoms with van der Waals surface area (Å²) in [5, 5.41) is 12.2. The third-order valence-electron chi connectivity index (χ3n) is 6.09. The maximum atomic E-state index is 13.3. The van der Waals surface area contributed by atoms with Crippen LogP contribution in [-0.4, -0.2) is 46.9 Å². The Balaban J connectivity index is 1.70. The Morgan fingerprint density at radius 1 is 1.06 bits per heavy atom. The van der Waals surface area contributed by atoms with Gasteiger partial charge in [-0.2, -0.15) is 0 Å². The number of anilines is 1. The Hall–Kier alpha value is -3.88. The van der Waals surface area contributed by atoms with Gasteiger partial charge in [-0.25, -0.2) is 0 Å². The van der Waals surface area contributed by atoms with Crippen molar-refractivity contribution in [2.45, 2.75) is 51.2 Å². The normalized spacial score (nSPS) is 16.4. The number of hydrogen-bond donors (Lipinski definition) is 2. The van der Waals surface area contributed by atoms with Gasteiger partial charge in [0, 0.05) is 12.6 Å². The van der Waals surface area contributed by atoms with Gasteiger partial charge in [-0.15, -0.1) is 0 Å². The lowest BCUT2D eigenvalue weighted by atomic mass is 10.0. The molecule has 1 unspecified atom stereocenters. The molecule has 2 aliphatic rings. The molecule has 34 heavy (non-hydrogen) atoms. The number of carbonyl (C=O) groups is 4. The van der Waals surface area contributed by atoms with Crippen LogP contribution in [0.25, 0.3) is 0 Å². The van der Waals surface area contributed by atoms with Gasteiger partial charge < -0.3 is 19.9 Å². The first-order valence-electron chi connectivity index (χ1n) is 11.1. The zero-order valence-corrected chi connectivity index (χ0v) is 19.0. The molecule has 0 bridgehead atoms. The van der Waals surface area contributed by atoms with Crippen LogP contribution >= 0.6 is 0 Å². The predicted octanol–water partition coefficient (Wildman–Crippen LogP) is 3.79. The van der Waals surface area contributed by atoms with E-state index in [4.69, 9.17) is 9.47 Å². The first kappa shape index (κ1) is 23.3.